The molecule has 2 fully saturated rings. The minimum atomic E-state index is -1.47. The molecule has 0 bridgehead atoms. The van der Waals surface area contributed by atoms with Crippen LogP contribution in [0.4, 0.5) is 5.69 Å². The Morgan fingerprint density at radius 3 is 2.22 bits per heavy atom. The highest BCUT2D eigenvalue weighted by molar-refractivity contribution is 6.32. The van der Waals surface area contributed by atoms with Crippen LogP contribution < -0.4 is 4.90 Å². The zero-order chi connectivity index (χ0) is 35.8. The first-order chi connectivity index (χ1) is 24.5. The van der Waals surface area contributed by atoms with E-state index in [9.17, 15) is 34.5 Å². The Balaban J connectivity index is 1.34. The normalized spacial score (nSPS) is 26.9. The van der Waals surface area contributed by atoms with Crippen molar-refractivity contribution in [3.8, 4) is 11.5 Å². The van der Waals surface area contributed by atoms with Crippen molar-refractivity contribution in [2.24, 2.45) is 23.7 Å². The summed E-state index contributed by atoms with van der Waals surface area (Å²) < 4.78 is 0. The van der Waals surface area contributed by atoms with Crippen molar-refractivity contribution in [1.29, 1.82) is 0 Å². The van der Waals surface area contributed by atoms with Crippen molar-refractivity contribution < 1.29 is 39.3 Å². The summed E-state index contributed by atoms with van der Waals surface area (Å²) in [6, 6.07) is 27.0. The number of benzene rings is 4. The topological polar surface area (TPSA) is 149 Å². The zero-order valence-corrected chi connectivity index (χ0v) is 27.5. The number of Topliss-reactive ketones (excluding diaryl/α,β-unsaturated/α-hetero) is 1. The molecule has 4 aromatic carbocycles. The number of fused-ring (bicyclic) bond motifs is 4. The lowest BCUT2D eigenvalue weighted by Gasteiger charge is -2.55. The third kappa shape index (κ3) is 4.57. The van der Waals surface area contributed by atoms with Crippen LogP contribution in [0.25, 0.3) is 5.57 Å². The van der Waals surface area contributed by atoms with E-state index >= 15 is 4.79 Å². The first-order valence-corrected chi connectivity index (χ1v) is 16.9. The van der Waals surface area contributed by atoms with Gasteiger partial charge in [-0.15, -0.1) is 0 Å². The standard InChI is InChI=1S/C42H33NO8/c1-22-9-8-14-29(37(22)46)36-26-17-18-28-35(40(49)43(39(28)48)25-15-16-27(41(50)51)33(44)19-25)31(26)20-32-38(47)30(23-10-4-2-5-11-23)21-34(45)42(32,36)24-12-6-3-7-13-24/h2-17,19,21,28,31-32,35-36,44,46H,18,20H2,1H3,(H,50,51). The molecular weight excluding hydrogens is 646 g/mol. The average Bonchev–Trinajstić information content (AvgIpc) is 3.39. The molecule has 6 atom stereocenters. The van der Waals surface area contributed by atoms with Crippen LogP contribution in [0.15, 0.2) is 115 Å². The van der Waals surface area contributed by atoms with Crippen molar-refractivity contribution in [2.45, 2.75) is 31.1 Å². The molecule has 51 heavy (non-hydrogen) atoms. The number of aromatic hydroxyl groups is 2. The number of para-hydroxylation sites is 1. The third-order valence-electron chi connectivity index (χ3n) is 11.4. The summed E-state index contributed by atoms with van der Waals surface area (Å²) in [7, 11) is 0. The molecule has 1 saturated carbocycles. The molecule has 0 aromatic heterocycles. The molecule has 0 radical (unpaired) electrons. The Bertz CT molecular complexity index is 2240. The van der Waals surface area contributed by atoms with Gasteiger partial charge in [-0.3, -0.25) is 19.2 Å². The molecule has 1 heterocycles. The molecular formula is C42H33NO8. The number of carboxylic acids is 1. The monoisotopic (exact) mass is 679 g/mol. The van der Waals surface area contributed by atoms with Crippen LogP contribution in [0, 0.1) is 30.6 Å². The SMILES string of the molecule is Cc1cccc(C2C3=CCC4C(=O)N(c5ccc(C(=O)O)c(O)c5)C(=O)C4C3CC3C(=O)C(c4ccccc4)=CC(=O)C32c2ccccc2)c1O. The fourth-order valence-electron chi connectivity index (χ4n) is 9.23. The van der Waals surface area contributed by atoms with E-state index in [4.69, 9.17) is 0 Å². The number of hydrogen-bond donors (Lipinski definition) is 3. The number of phenolic OH excluding ortho intramolecular Hbond substituents is 1. The number of amides is 2. The van der Waals surface area contributed by atoms with Gasteiger partial charge in [0.25, 0.3) is 0 Å². The van der Waals surface area contributed by atoms with Gasteiger partial charge in [0.15, 0.2) is 11.6 Å². The number of aryl methyl sites for hydroxylation is 1. The molecule has 2 amide bonds. The van der Waals surface area contributed by atoms with E-state index < -0.39 is 58.5 Å². The molecule has 4 aromatic rings. The second-order valence-corrected chi connectivity index (χ2v) is 13.8. The average molecular weight is 680 g/mol. The summed E-state index contributed by atoms with van der Waals surface area (Å²) in [6.45, 7) is 1.76. The van der Waals surface area contributed by atoms with Gasteiger partial charge in [0.2, 0.25) is 11.8 Å². The van der Waals surface area contributed by atoms with Crippen molar-refractivity contribution in [2.75, 3.05) is 4.90 Å². The number of nitrogens with zero attached hydrogens (tertiary/aromatic N) is 1. The summed E-state index contributed by atoms with van der Waals surface area (Å²) in [5.41, 5.74) is 1.44. The van der Waals surface area contributed by atoms with E-state index in [1.165, 1.54) is 12.1 Å². The molecule has 1 aliphatic heterocycles. The predicted octanol–water partition coefficient (Wildman–Crippen LogP) is 6.13. The highest BCUT2D eigenvalue weighted by Gasteiger charge is 2.66. The van der Waals surface area contributed by atoms with Crippen LogP contribution in [0.1, 0.15) is 51.4 Å². The Morgan fingerprint density at radius 2 is 1.53 bits per heavy atom. The number of anilines is 1. The minimum absolute atomic E-state index is 0.0113. The number of imide groups is 1. The van der Waals surface area contributed by atoms with Gasteiger partial charge in [0.1, 0.15) is 17.1 Å². The quantitative estimate of drug-likeness (QED) is 0.168. The van der Waals surface area contributed by atoms with E-state index in [-0.39, 0.29) is 47.0 Å². The summed E-state index contributed by atoms with van der Waals surface area (Å²) >= 11 is 0. The minimum Gasteiger partial charge on any atom is -0.507 e. The molecule has 254 valence electrons. The molecule has 3 N–H and O–H groups in total. The number of hydrogen-bond acceptors (Lipinski definition) is 7. The van der Waals surface area contributed by atoms with Crippen LogP contribution in [0.5, 0.6) is 11.5 Å². The number of carboxylic acid groups (broad SMARTS) is 1. The Kier molecular flexibility index (Phi) is 7.41. The lowest BCUT2D eigenvalue weighted by Crippen LogP contribution is -2.58. The Labute approximate surface area is 293 Å². The number of phenols is 2. The van der Waals surface area contributed by atoms with E-state index in [0.717, 1.165) is 17.0 Å². The zero-order valence-electron chi connectivity index (χ0n) is 27.5. The van der Waals surface area contributed by atoms with Crippen LogP contribution in [-0.2, 0) is 24.6 Å². The van der Waals surface area contributed by atoms with Gasteiger partial charge in [-0.2, -0.15) is 0 Å². The number of carbonyl (C=O) groups excluding carboxylic acids is 4. The highest BCUT2D eigenvalue weighted by atomic mass is 16.4. The maximum absolute atomic E-state index is 15.1. The van der Waals surface area contributed by atoms with E-state index in [1.807, 2.05) is 42.5 Å². The molecule has 9 heteroatoms. The number of ketones is 2. The van der Waals surface area contributed by atoms with Gasteiger partial charge in [-0.1, -0.05) is 90.5 Å². The largest absolute Gasteiger partial charge is 0.507 e. The molecule has 6 unspecified atom stereocenters. The summed E-state index contributed by atoms with van der Waals surface area (Å²) in [6.07, 6.45) is 3.61. The van der Waals surface area contributed by atoms with Gasteiger partial charge in [0, 0.05) is 29.0 Å². The fourth-order valence-corrected chi connectivity index (χ4v) is 9.23. The first-order valence-electron chi connectivity index (χ1n) is 16.9. The summed E-state index contributed by atoms with van der Waals surface area (Å²) in [5, 5.41) is 31.6. The number of aromatic carboxylic acids is 1. The maximum atomic E-state index is 15.1. The van der Waals surface area contributed by atoms with Crippen LogP contribution in [-0.4, -0.2) is 44.7 Å². The fraction of sp³-hybridized carbons (Fsp3) is 0.214. The van der Waals surface area contributed by atoms with Gasteiger partial charge in [0.05, 0.1) is 22.9 Å². The van der Waals surface area contributed by atoms with Gasteiger partial charge in [-0.25, -0.2) is 9.69 Å². The number of allylic oxidation sites excluding steroid dienone is 4. The Hall–Kier alpha value is -6.09. The second kappa shape index (κ2) is 11.8. The molecule has 9 nitrogen and oxygen atoms in total. The van der Waals surface area contributed by atoms with Crippen molar-refractivity contribution in [3.63, 3.8) is 0 Å². The van der Waals surface area contributed by atoms with Crippen molar-refractivity contribution in [1.82, 2.24) is 0 Å². The lowest BCUT2D eigenvalue weighted by molar-refractivity contribution is -0.135. The second-order valence-electron chi connectivity index (χ2n) is 13.8. The summed E-state index contributed by atoms with van der Waals surface area (Å²) in [4.78, 5) is 71.2. The van der Waals surface area contributed by atoms with E-state index in [2.05, 4.69) is 0 Å². The maximum Gasteiger partial charge on any atom is 0.339 e. The molecule has 3 aliphatic carbocycles. The first kappa shape index (κ1) is 32.1. The van der Waals surface area contributed by atoms with Gasteiger partial charge >= 0.3 is 5.97 Å². The predicted molar refractivity (Wildman–Crippen MR) is 187 cm³/mol. The lowest BCUT2D eigenvalue weighted by atomic mass is 9.44. The van der Waals surface area contributed by atoms with Crippen molar-refractivity contribution >= 4 is 40.6 Å². The molecule has 0 spiro atoms. The van der Waals surface area contributed by atoms with Crippen molar-refractivity contribution in [3.05, 3.63) is 143 Å². The number of rotatable bonds is 5. The third-order valence-corrected chi connectivity index (χ3v) is 11.4. The molecule has 4 aliphatic rings. The molecule has 1 saturated heterocycles. The van der Waals surface area contributed by atoms with Gasteiger partial charge < -0.3 is 15.3 Å². The van der Waals surface area contributed by atoms with E-state index in [1.54, 1.807) is 49.4 Å². The van der Waals surface area contributed by atoms with Crippen LogP contribution >= 0.6 is 0 Å². The van der Waals surface area contributed by atoms with Crippen LogP contribution in [0.2, 0.25) is 0 Å². The smallest absolute Gasteiger partial charge is 0.339 e. The Morgan fingerprint density at radius 1 is 0.824 bits per heavy atom. The van der Waals surface area contributed by atoms with Crippen LogP contribution in [0.3, 0.4) is 0 Å². The number of carbonyl (C=O) groups is 5. The molecule has 8 rings (SSSR count). The van der Waals surface area contributed by atoms with Gasteiger partial charge in [-0.05, 0) is 60.6 Å². The van der Waals surface area contributed by atoms with E-state index in [0.29, 0.717) is 27.8 Å². The highest BCUT2D eigenvalue weighted by Crippen LogP contribution is 2.64. The summed E-state index contributed by atoms with van der Waals surface area (Å²) in [5.74, 6) is -7.69.